The quantitative estimate of drug-likeness (QED) is 0.306. The van der Waals surface area contributed by atoms with Gasteiger partial charge in [-0.1, -0.05) is 35.9 Å². The van der Waals surface area contributed by atoms with Crippen LogP contribution < -0.4 is 10.2 Å². The number of nitrogens with zero attached hydrogens (tertiary/aromatic N) is 5. The minimum Gasteiger partial charge on any atom is -0.376 e. The Balaban J connectivity index is 1.51. The number of nitrogens with one attached hydrogen (secondary N) is 1. The van der Waals surface area contributed by atoms with Crippen molar-refractivity contribution in [3.63, 3.8) is 0 Å². The van der Waals surface area contributed by atoms with Gasteiger partial charge in [-0.25, -0.2) is 4.39 Å². The van der Waals surface area contributed by atoms with Crippen molar-refractivity contribution in [2.45, 2.75) is 45.4 Å². The molecule has 2 amide bonds. The monoisotopic (exact) mass is 576 g/mol. The number of aromatic nitrogens is 4. The van der Waals surface area contributed by atoms with Crippen LogP contribution >= 0.6 is 11.6 Å². The van der Waals surface area contributed by atoms with Gasteiger partial charge < -0.3 is 10.1 Å². The predicted octanol–water partition coefficient (Wildman–Crippen LogP) is 4.82. The Morgan fingerprint density at radius 3 is 2.59 bits per heavy atom. The Hall–Kier alpha value is -4.15. The first kappa shape index (κ1) is 28.4. The Labute approximate surface area is 242 Å². The lowest BCUT2D eigenvalue weighted by Crippen LogP contribution is -2.47. The van der Waals surface area contributed by atoms with E-state index in [-0.39, 0.29) is 12.6 Å². The number of anilines is 1. The molecule has 1 aromatic heterocycles. The molecule has 5 rings (SSSR count). The van der Waals surface area contributed by atoms with E-state index >= 15 is 0 Å². The van der Waals surface area contributed by atoms with Crippen molar-refractivity contribution >= 4 is 29.1 Å². The van der Waals surface area contributed by atoms with Crippen molar-refractivity contribution in [3.05, 3.63) is 94.3 Å². The van der Waals surface area contributed by atoms with E-state index in [1.807, 2.05) is 26.0 Å². The third-order valence-electron chi connectivity index (χ3n) is 7.16. The van der Waals surface area contributed by atoms with Crippen molar-refractivity contribution in [1.29, 1.82) is 0 Å². The second kappa shape index (κ2) is 12.6. The first-order valence-corrected chi connectivity index (χ1v) is 13.7. The summed E-state index contributed by atoms with van der Waals surface area (Å²) in [5, 5.41) is 16.1. The summed E-state index contributed by atoms with van der Waals surface area (Å²) in [4.78, 5) is 30.6. The van der Waals surface area contributed by atoms with E-state index in [1.165, 1.54) is 34.0 Å². The molecule has 0 aliphatic carbocycles. The molecule has 0 radical (unpaired) electrons. The lowest BCUT2D eigenvalue weighted by atomic mass is 10.00. The average Bonchev–Trinajstić information content (AvgIpc) is 3.66. The third-order valence-corrected chi connectivity index (χ3v) is 7.41. The number of carbonyl (C=O) groups is 2. The van der Waals surface area contributed by atoms with Gasteiger partial charge in [-0.15, -0.1) is 10.2 Å². The molecule has 1 saturated heterocycles. The molecule has 0 saturated carbocycles. The highest BCUT2D eigenvalue weighted by molar-refractivity contribution is 6.30. The van der Waals surface area contributed by atoms with E-state index in [0.29, 0.717) is 40.8 Å². The molecule has 1 aliphatic heterocycles. The van der Waals surface area contributed by atoms with Crippen LogP contribution in [0.3, 0.4) is 0 Å². The van der Waals surface area contributed by atoms with E-state index < -0.39 is 23.7 Å². The highest BCUT2D eigenvalue weighted by Gasteiger charge is 2.35. The standard InChI is InChI=1S/C30H30ClFN6O3/c1-19-5-3-7-26(20(19)2)38(27(39)18-37-35-29(34-36-37)22-8-12-23(31)13-9-22)28(21-10-14-24(32)15-11-21)30(40)33-17-25-6-4-16-41-25/h3,5,7-15,25,28H,4,6,16-18H2,1-2H3,(H,33,40). The molecule has 9 nitrogen and oxygen atoms in total. The molecule has 1 aliphatic rings. The number of benzene rings is 3. The van der Waals surface area contributed by atoms with Gasteiger partial charge in [0.1, 0.15) is 18.4 Å². The van der Waals surface area contributed by atoms with Crippen LogP contribution in [0.5, 0.6) is 0 Å². The van der Waals surface area contributed by atoms with Crippen LogP contribution in [0.15, 0.2) is 66.7 Å². The van der Waals surface area contributed by atoms with Gasteiger partial charge >= 0.3 is 0 Å². The van der Waals surface area contributed by atoms with Crippen LogP contribution in [0, 0.1) is 19.7 Å². The van der Waals surface area contributed by atoms with Crippen LogP contribution in [-0.2, 0) is 20.9 Å². The van der Waals surface area contributed by atoms with Gasteiger partial charge in [-0.2, -0.15) is 4.80 Å². The van der Waals surface area contributed by atoms with Gasteiger partial charge in [0.25, 0.3) is 5.91 Å². The minimum atomic E-state index is -1.09. The van der Waals surface area contributed by atoms with Crippen LogP contribution in [0.2, 0.25) is 5.02 Å². The van der Waals surface area contributed by atoms with Crippen LogP contribution in [0.25, 0.3) is 11.4 Å². The van der Waals surface area contributed by atoms with Gasteiger partial charge in [-0.3, -0.25) is 14.5 Å². The topological polar surface area (TPSA) is 102 Å². The molecule has 2 heterocycles. The number of rotatable bonds is 9. The molecule has 212 valence electrons. The zero-order valence-corrected chi connectivity index (χ0v) is 23.5. The van der Waals surface area contributed by atoms with Gasteiger partial charge in [0, 0.05) is 29.4 Å². The molecular formula is C30H30ClFN6O3. The van der Waals surface area contributed by atoms with Crippen LogP contribution in [0.1, 0.15) is 35.6 Å². The molecule has 2 unspecified atom stereocenters. The summed E-state index contributed by atoms with van der Waals surface area (Å²) in [6, 6.07) is 17.0. The van der Waals surface area contributed by atoms with Gasteiger partial charge in [-0.05, 0) is 91.1 Å². The molecule has 0 bridgehead atoms. The van der Waals surface area contributed by atoms with Crippen molar-refractivity contribution in [1.82, 2.24) is 25.5 Å². The number of hydrogen-bond donors (Lipinski definition) is 1. The second-order valence-corrected chi connectivity index (χ2v) is 10.4. The van der Waals surface area contributed by atoms with Gasteiger partial charge in [0.2, 0.25) is 11.7 Å². The fraction of sp³-hybridized carbons (Fsp3) is 0.300. The van der Waals surface area contributed by atoms with Crippen molar-refractivity contribution in [2.75, 3.05) is 18.1 Å². The van der Waals surface area contributed by atoms with Gasteiger partial charge in [0.05, 0.1) is 6.10 Å². The molecule has 41 heavy (non-hydrogen) atoms. The molecule has 1 N–H and O–H groups in total. The number of aryl methyl sites for hydroxylation is 1. The summed E-state index contributed by atoms with van der Waals surface area (Å²) >= 11 is 5.99. The largest absolute Gasteiger partial charge is 0.376 e. The number of hydrogen-bond acceptors (Lipinski definition) is 6. The molecule has 3 aromatic carbocycles. The van der Waals surface area contributed by atoms with E-state index in [9.17, 15) is 14.0 Å². The van der Waals surface area contributed by atoms with Crippen molar-refractivity contribution in [3.8, 4) is 11.4 Å². The molecule has 1 fully saturated rings. The highest BCUT2D eigenvalue weighted by Crippen LogP contribution is 2.32. The SMILES string of the molecule is Cc1cccc(N(C(=O)Cn2nnc(-c3ccc(Cl)cc3)n2)C(C(=O)NCC2CCCO2)c2ccc(F)cc2)c1C. The molecule has 0 spiro atoms. The third kappa shape index (κ3) is 6.61. The lowest BCUT2D eigenvalue weighted by molar-refractivity contribution is -0.127. The Kier molecular flexibility index (Phi) is 8.70. The maximum atomic E-state index is 14.1. The lowest BCUT2D eigenvalue weighted by Gasteiger charge is -2.33. The molecular weight excluding hydrogens is 547 g/mol. The first-order valence-electron chi connectivity index (χ1n) is 13.4. The summed E-state index contributed by atoms with van der Waals surface area (Å²) < 4.78 is 19.6. The predicted molar refractivity (Wildman–Crippen MR) is 153 cm³/mol. The number of tetrazole rings is 1. The maximum Gasteiger partial charge on any atom is 0.251 e. The van der Waals surface area contributed by atoms with Crippen molar-refractivity contribution in [2.24, 2.45) is 0 Å². The average molecular weight is 577 g/mol. The molecule has 4 aromatic rings. The van der Waals surface area contributed by atoms with Crippen LogP contribution in [0.4, 0.5) is 10.1 Å². The fourth-order valence-corrected chi connectivity index (χ4v) is 4.94. The fourth-order valence-electron chi connectivity index (χ4n) is 4.82. The Morgan fingerprint density at radius 1 is 1.12 bits per heavy atom. The van der Waals surface area contributed by atoms with E-state index in [1.54, 1.807) is 30.3 Å². The molecule has 11 heteroatoms. The first-order chi connectivity index (χ1) is 19.8. The Bertz CT molecular complexity index is 1520. The molecule has 2 atom stereocenters. The summed E-state index contributed by atoms with van der Waals surface area (Å²) in [6.07, 6.45) is 1.68. The smallest absolute Gasteiger partial charge is 0.251 e. The Morgan fingerprint density at radius 2 is 1.88 bits per heavy atom. The number of amides is 2. The summed E-state index contributed by atoms with van der Waals surface area (Å²) in [5.41, 5.74) is 3.47. The highest BCUT2D eigenvalue weighted by atomic mass is 35.5. The number of carbonyl (C=O) groups excluding carboxylic acids is 2. The summed E-state index contributed by atoms with van der Waals surface area (Å²) in [5.74, 6) is -0.967. The van der Waals surface area contributed by atoms with E-state index in [4.69, 9.17) is 16.3 Å². The van der Waals surface area contributed by atoms with E-state index in [2.05, 4.69) is 20.7 Å². The minimum absolute atomic E-state index is 0.0942. The van der Waals surface area contributed by atoms with Crippen molar-refractivity contribution < 1.29 is 18.7 Å². The zero-order valence-electron chi connectivity index (χ0n) is 22.8. The second-order valence-electron chi connectivity index (χ2n) is 9.97. The van der Waals surface area contributed by atoms with E-state index in [0.717, 1.165) is 24.0 Å². The number of halogens is 2. The summed E-state index contributed by atoms with van der Waals surface area (Å²) in [7, 11) is 0. The maximum absolute atomic E-state index is 14.1. The normalized spacial score (nSPS) is 15.5. The zero-order chi connectivity index (χ0) is 28.9. The summed E-state index contributed by atoms with van der Waals surface area (Å²) in [6.45, 7) is 4.50. The van der Waals surface area contributed by atoms with Gasteiger partial charge in [0.15, 0.2) is 0 Å². The van der Waals surface area contributed by atoms with Crippen LogP contribution in [-0.4, -0.2) is 51.3 Å². The number of ether oxygens (including phenoxy) is 1.